The van der Waals surface area contributed by atoms with E-state index in [1.165, 1.54) is 0 Å². The van der Waals surface area contributed by atoms with Crippen molar-refractivity contribution in [3.8, 4) is 11.1 Å². The Balaban J connectivity index is 1.85. The lowest BCUT2D eigenvalue weighted by atomic mass is 10.1. The molecule has 0 bridgehead atoms. The van der Waals surface area contributed by atoms with Crippen molar-refractivity contribution in [2.75, 3.05) is 24.3 Å². The Hall–Kier alpha value is -3.21. The van der Waals surface area contributed by atoms with E-state index in [1.807, 2.05) is 67.5 Å². The molecule has 1 aromatic carbocycles. The van der Waals surface area contributed by atoms with E-state index in [1.54, 1.807) is 18.5 Å². The monoisotopic (exact) mass is 318 g/mol. The van der Waals surface area contributed by atoms with E-state index in [0.29, 0.717) is 11.4 Å². The number of hydrogen-bond donors (Lipinski definition) is 1. The van der Waals surface area contributed by atoms with Crippen molar-refractivity contribution >= 4 is 17.5 Å². The fourth-order valence-electron chi connectivity index (χ4n) is 2.32. The summed E-state index contributed by atoms with van der Waals surface area (Å²) >= 11 is 0. The molecule has 3 aromatic rings. The van der Waals surface area contributed by atoms with Gasteiger partial charge in [0, 0.05) is 32.1 Å². The van der Waals surface area contributed by atoms with Crippen LogP contribution >= 0.6 is 0 Å². The highest BCUT2D eigenvalue weighted by Crippen LogP contribution is 2.25. The topological polar surface area (TPSA) is 58.1 Å². The van der Waals surface area contributed by atoms with E-state index < -0.39 is 0 Å². The first-order valence-electron chi connectivity index (χ1n) is 7.60. The van der Waals surface area contributed by atoms with Crippen LogP contribution in [0.3, 0.4) is 0 Å². The maximum atomic E-state index is 12.5. The molecule has 1 N–H and O–H groups in total. The minimum absolute atomic E-state index is 0.233. The third-order valence-electron chi connectivity index (χ3n) is 3.59. The van der Waals surface area contributed by atoms with E-state index in [2.05, 4.69) is 15.3 Å². The lowest BCUT2D eigenvalue weighted by molar-refractivity contribution is 0.102. The summed E-state index contributed by atoms with van der Waals surface area (Å²) in [6, 6.07) is 17.2. The molecule has 1 amide bonds. The molecule has 2 aromatic heterocycles. The van der Waals surface area contributed by atoms with Crippen LogP contribution in [0.2, 0.25) is 0 Å². The summed E-state index contributed by atoms with van der Waals surface area (Å²) in [6.07, 6.45) is 3.23. The molecule has 5 heteroatoms. The molecule has 0 aliphatic carbocycles. The van der Waals surface area contributed by atoms with E-state index >= 15 is 0 Å². The molecule has 0 aliphatic rings. The van der Waals surface area contributed by atoms with Gasteiger partial charge in [-0.25, -0.2) is 9.97 Å². The Labute approximate surface area is 141 Å². The molecule has 0 saturated heterocycles. The molecule has 2 heterocycles. The molecule has 0 unspecified atom stereocenters. The van der Waals surface area contributed by atoms with Gasteiger partial charge in [0.15, 0.2) is 0 Å². The maximum Gasteiger partial charge on any atom is 0.258 e. The van der Waals surface area contributed by atoms with Crippen LogP contribution in [0.15, 0.2) is 67.0 Å². The van der Waals surface area contributed by atoms with Crippen molar-refractivity contribution in [2.24, 2.45) is 0 Å². The largest absolute Gasteiger partial charge is 0.363 e. The van der Waals surface area contributed by atoms with Crippen LogP contribution in [0.1, 0.15) is 10.4 Å². The van der Waals surface area contributed by atoms with Crippen LogP contribution in [-0.2, 0) is 0 Å². The average molecular weight is 318 g/mol. The predicted octanol–water partition coefficient (Wildman–Crippen LogP) is 3.46. The van der Waals surface area contributed by atoms with Gasteiger partial charge in [-0.15, -0.1) is 0 Å². The van der Waals surface area contributed by atoms with Gasteiger partial charge in [0.1, 0.15) is 11.6 Å². The number of hydrogen-bond acceptors (Lipinski definition) is 4. The molecule has 120 valence electrons. The number of amides is 1. The Kier molecular flexibility index (Phi) is 4.52. The van der Waals surface area contributed by atoms with E-state index in [-0.39, 0.29) is 5.91 Å². The van der Waals surface area contributed by atoms with Gasteiger partial charge >= 0.3 is 0 Å². The molecular formula is C19H18N4O. The molecule has 24 heavy (non-hydrogen) atoms. The maximum absolute atomic E-state index is 12.5. The fourth-order valence-corrected chi connectivity index (χ4v) is 2.32. The number of rotatable bonds is 4. The summed E-state index contributed by atoms with van der Waals surface area (Å²) in [7, 11) is 3.81. The average Bonchev–Trinajstić information content (AvgIpc) is 2.63. The molecule has 0 aliphatic heterocycles. The molecule has 0 spiro atoms. The number of nitrogens with one attached hydrogen (secondary N) is 1. The van der Waals surface area contributed by atoms with Gasteiger partial charge in [-0.2, -0.15) is 0 Å². The van der Waals surface area contributed by atoms with Crippen molar-refractivity contribution in [1.29, 1.82) is 0 Å². The smallest absolute Gasteiger partial charge is 0.258 e. The number of anilines is 2. The summed E-state index contributed by atoms with van der Waals surface area (Å²) in [5.41, 5.74) is 2.37. The number of nitrogens with zero attached hydrogens (tertiary/aromatic N) is 3. The van der Waals surface area contributed by atoms with Gasteiger partial charge in [-0.05, 0) is 29.8 Å². The summed E-state index contributed by atoms with van der Waals surface area (Å²) < 4.78 is 0. The van der Waals surface area contributed by atoms with Crippen LogP contribution < -0.4 is 10.2 Å². The van der Waals surface area contributed by atoms with Crippen molar-refractivity contribution in [3.63, 3.8) is 0 Å². The Morgan fingerprint density at radius 3 is 2.42 bits per heavy atom. The van der Waals surface area contributed by atoms with Gasteiger partial charge in [0.25, 0.3) is 5.91 Å². The number of aromatic nitrogens is 2. The molecule has 0 atom stereocenters. The van der Waals surface area contributed by atoms with Crippen LogP contribution in [0, 0.1) is 0 Å². The Morgan fingerprint density at radius 2 is 1.75 bits per heavy atom. The van der Waals surface area contributed by atoms with Gasteiger partial charge in [-0.1, -0.05) is 30.3 Å². The normalized spacial score (nSPS) is 10.2. The van der Waals surface area contributed by atoms with Crippen LogP contribution in [-0.4, -0.2) is 30.0 Å². The van der Waals surface area contributed by atoms with Gasteiger partial charge in [0.05, 0.1) is 5.56 Å². The highest BCUT2D eigenvalue weighted by Gasteiger charge is 2.12. The van der Waals surface area contributed by atoms with Crippen LogP contribution in [0.4, 0.5) is 11.6 Å². The summed E-state index contributed by atoms with van der Waals surface area (Å²) in [4.78, 5) is 22.9. The Morgan fingerprint density at radius 1 is 0.958 bits per heavy atom. The summed E-state index contributed by atoms with van der Waals surface area (Å²) in [6.45, 7) is 0. The van der Waals surface area contributed by atoms with Gasteiger partial charge in [0.2, 0.25) is 0 Å². The third kappa shape index (κ3) is 3.41. The second kappa shape index (κ2) is 6.91. The Bertz CT molecular complexity index is 830. The standard InChI is InChI=1S/C19H18N4O/c1-23(2)17-11-10-15(13-21-17)19(24)22-18-16(9-6-12-20-18)14-7-4-3-5-8-14/h3-13H,1-2H3,(H,20,22,24). The van der Waals surface area contributed by atoms with E-state index in [9.17, 15) is 4.79 Å². The van der Waals surface area contributed by atoms with Crippen LogP contribution in [0.5, 0.6) is 0 Å². The van der Waals surface area contributed by atoms with Gasteiger partial charge in [-0.3, -0.25) is 4.79 Å². The molecule has 5 nitrogen and oxygen atoms in total. The lowest BCUT2D eigenvalue weighted by Crippen LogP contribution is -2.15. The second-order valence-corrected chi connectivity index (χ2v) is 5.52. The fraction of sp³-hybridized carbons (Fsp3) is 0.105. The number of benzene rings is 1. The molecule has 0 fully saturated rings. The minimum atomic E-state index is -0.233. The van der Waals surface area contributed by atoms with Crippen molar-refractivity contribution < 1.29 is 4.79 Å². The van der Waals surface area contributed by atoms with Crippen LogP contribution in [0.25, 0.3) is 11.1 Å². The third-order valence-corrected chi connectivity index (χ3v) is 3.59. The van der Waals surface area contributed by atoms with E-state index in [0.717, 1.165) is 16.9 Å². The van der Waals surface area contributed by atoms with Crippen molar-refractivity contribution in [1.82, 2.24) is 9.97 Å². The zero-order valence-electron chi connectivity index (χ0n) is 13.6. The van der Waals surface area contributed by atoms with Gasteiger partial charge < -0.3 is 10.2 Å². The predicted molar refractivity (Wildman–Crippen MR) is 96.2 cm³/mol. The first-order valence-corrected chi connectivity index (χ1v) is 7.60. The first-order chi connectivity index (χ1) is 11.6. The number of carbonyl (C=O) groups is 1. The number of pyridine rings is 2. The van der Waals surface area contributed by atoms with E-state index in [4.69, 9.17) is 0 Å². The molecule has 0 saturated carbocycles. The second-order valence-electron chi connectivity index (χ2n) is 5.52. The first kappa shape index (κ1) is 15.7. The zero-order chi connectivity index (χ0) is 16.9. The van der Waals surface area contributed by atoms with Crippen molar-refractivity contribution in [2.45, 2.75) is 0 Å². The SMILES string of the molecule is CN(C)c1ccc(C(=O)Nc2ncccc2-c2ccccc2)cn1. The molecule has 0 radical (unpaired) electrons. The highest BCUT2D eigenvalue weighted by atomic mass is 16.1. The lowest BCUT2D eigenvalue weighted by Gasteiger charge is -2.12. The summed E-state index contributed by atoms with van der Waals surface area (Å²) in [5, 5.41) is 2.87. The molecule has 3 rings (SSSR count). The quantitative estimate of drug-likeness (QED) is 0.800. The zero-order valence-corrected chi connectivity index (χ0v) is 13.6. The number of carbonyl (C=O) groups excluding carboxylic acids is 1. The van der Waals surface area contributed by atoms with Crippen molar-refractivity contribution in [3.05, 3.63) is 72.6 Å². The summed E-state index contributed by atoms with van der Waals surface area (Å²) in [5.74, 6) is 1.10. The highest BCUT2D eigenvalue weighted by molar-refractivity contribution is 6.05. The minimum Gasteiger partial charge on any atom is -0.363 e. The molecular weight excluding hydrogens is 300 g/mol.